The van der Waals surface area contributed by atoms with Gasteiger partial charge >= 0.3 is 0 Å². The second-order valence-electron chi connectivity index (χ2n) is 6.94. The molecule has 7 nitrogen and oxygen atoms in total. The Morgan fingerprint density at radius 1 is 1.19 bits per heavy atom. The van der Waals surface area contributed by atoms with Crippen molar-refractivity contribution in [3.8, 4) is 11.5 Å². The van der Waals surface area contributed by atoms with Crippen molar-refractivity contribution in [1.82, 2.24) is 14.8 Å². The number of aromatic nitrogens is 3. The number of anilines is 1. The van der Waals surface area contributed by atoms with E-state index in [9.17, 15) is 13.6 Å². The van der Waals surface area contributed by atoms with Gasteiger partial charge in [-0.05, 0) is 37.6 Å². The van der Waals surface area contributed by atoms with Crippen LogP contribution in [0.4, 0.5) is 14.5 Å². The minimum atomic E-state index is -0.832. The van der Waals surface area contributed by atoms with E-state index in [1.807, 2.05) is 26.0 Å². The summed E-state index contributed by atoms with van der Waals surface area (Å²) in [6, 6.07) is 10.3. The molecule has 2 atom stereocenters. The molecule has 170 valence electrons. The topological polar surface area (TPSA) is 78.3 Å². The van der Waals surface area contributed by atoms with Crippen LogP contribution in [0.3, 0.4) is 0 Å². The standard InChI is InChI=1S/C22H24F2N4O3S/c1-5-19(21(29)25-16-11-10-14(23)12-15(16)24)32-22-27-26-20(28(22)3)13(2)31-18-9-7-6-8-17(18)30-4/h6-13,19H,5H2,1-4H3,(H,25,29). The van der Waals surface area contributed by atoms with Crippen LogP contribution in [0.25, 0.3) is 0 Å². The Labute approximate surface area is 189 Å². The molecule has 1 N–H and O–H groups in total. The van der Waals surface area contributed by atoms with Crippen molar-refractivity contribution in [1.29, 1.82) is 0 Å². The fraction of sp³-hybridized carbons (Fsp3) is 0.318. The van der Waals surface area contributed by atoms with E-state index in [0.29, 0.717) is 28.9 Å². The summed E-state index contributed by atoms with van der Waals surface area (Å²) in [6.07, 6.45) is 0.0368. The van der Waals surface area contributed by atoms with Crippen molar-refractivity contribution in [3.05, 3.63) is 59.9 Å². The molecule has 1 aromatic heterocycles. The number of hydrogen-bond acceptors (Lipinski definition) is 6. The van der Waals surface area contributed by atoms with Gasteiger partial charge in [0.15, 0.2) is 28.6 Å². The summed E-state index contributed by atoms with van der Waals surface area (Å²) in [5.74, 6) is -0.206. The van der Waals surface area contributed by atoms with Gasteiger partial charge in [-0.1, -0.05) is 30.8 Å². The highest BCUT2D eigenvalue weighted by atomic mass is 32.2. The van der Waals surface area contributed by atoms with Gasteiger partial charge in [0.1, 0.15) is 11.6 Å². The number of para-hydroxylation sites is 2. The van der Waals surface area contributed by atoms with Gasteiger partial charge in [0, 0.05) is 13.1 Å². The maximum Gasteiger partial charge on any atom is 0.238 e. The zero-order valence-corrected chi connectivity index (χ0v) is 19.0. The quantitative estimate of drug-likeness (QED) is 0.463. The van der Waals surface area contributed by atoms with E-state index in [0.717, 1.165) is 12.1 Å². The molecule has 1 heterocycles. The lowest BCUT2D eigenvalue weighted by Gasteiger charge is -2.17. The lowest BCUT2D eigenvalue weighted by atomic mass is 10.2. The monoisotopic (exact) mass is 462 g/mol. The van der Waals surface area contributed by atoms with Gasteiger partial charge in [-0.25, -0.2) is 8.78 Å². The van der Waals surface area contributed by atoms with Gasteiger partial charge in [0.05, 0.1) is 18.0 Å². The van der Waals surface area contributed by atoms with Gasteiger partial charge in [-0.3, -0.25) is 4.79 Å². The lowest BCUT2D eigenvalue weighted by molar-refractivity contribution is -0.115. The first-order valence-electron chi connectivity index (χ1n) is 9.95. The smallest absolute Gasteiger partial charge is 0.238 e. The molecular formula is C22H24F2N4O3S. The molecule has 1 amide bonds. The number of nitrogens with zero attached hydrogens (tertiary/aromatic N) is 3. The van der Waals surface area contributed by atoms with Gasteiger partial charge in [-0.15, -0.1) is 10.2 Å². The maximum absolute atomic E-state index is 13.9. The van der Waals surface area contributed by atoms with E-state index in [1.54, 1.807) is 30.9 Å². The molecule has 3 rings (SSSR count). The number of methoxy groups -OCH3 is 1. The first kappa shape index (κ1) is 23.5. The van der Waals surface area contributed by atoms with Crippen molar-refractivity contribution in [3.63, 3.8) is 0 Å². The Morgan fingerprint density at radius 2 is 1.91 bits per heavy atom. The normalized spacial score (nSPS) is 12.8. The number of hydrogen-bond donors (Lipinski definition) is 1. The van der Waals surface area contributed by atoms with Crippen LogP contribution in [0.15, 0.2) is 47.6 Å². The zero-order valence-electron chi connectivity index (χ0n) is 18.1. The number of thioether (sulfide) groups is 1. The van der Waals surface area contributed by atoms with Crippen LogP contribution in [0.1, 0.15) is 32.2 Å². The van der Waals surface area contributed by atoms with Crippen molar-refractivity contribution in [2.24, 2.45) is 7.05 Å². The number of nitrogens with one attached hydrogen (secondary N) is 1. The molecule has 0 bridgehead atoms. The Kier molecular flexibility index (Phi) is 7.68. The molecule has 0 aliphatic rings. The molecule has 0 saturated carbocycles. The van der Waals surface area contributed by atoms with E-state index < -0.39 is 28.9 Å². The van der Waals surface area contributed by atoms with E-state index >= 15 is 0 Å². The van der Waals surface area contributed by atoms with E-state index in [2.05, 4.69) is 15.5 Å². The van der Waals surface area contributed by atoms with Crippen molar-refractivity contribution in [2.75, 3.05) is 12.4 Å². The van der Waals surface area contributed by atoms with Gasteiger partial charge in [0.25, 0.3) is 0 Å². The predicted octanol–water partition coefficient (Wildman–Crippen LogP) is 4.75. The number of amides is 1. The van der Waals surface area contributed by atoms with Crippen LogP contribution < -0.4 is 14.8 Å². The lowest BCUT2D eigenvalue weighted by Crippen LogP contribution is -2.25. The molecule has 0 fully saturated rings. The molecule has 32 heavy (non-hydrogen) atoms. The highest BCUT2D eigenvalue weighted by Gasteiger charge is 2.24. The first-order chi connectivity index (χ1) is 15.3. The third-order valence-electron chi connectivity index (χ3n) is 4.70. The molecule has 10 heteroatoms. The minimum absolute atomic E-state index is 0.0760. The molecule has 0 saturated heterocycles. The van der Waals surface area contributed by atoms with Crippen molar-refractivity contribution in [2.45, 2.75) is 36.8 Å². The highest BCUT2D eigenvalue weighted by Crippen LogP contribution is 2.32. The van der Waals surface area contributed by atoms with E-state index in [4.69, 9.17) is 9.47 Å². The third kappa shape index (κ3) is 5.37. The van der Waals surface area contributed by atoms with Crippen LogP contribution >= 0.6 is 11.8 Å². The molecule has 3 aromatic rings. The minimum Gasteiger partial charge on any atom is -0.493 e. The molecular weight excluding hydrogens is 438 g/mol. The van der Waals surface area contributed by atoms with Gasteiger partial charge in [0.2, 0.25) is 5.91 Å². The van der Waals surface area contributed by atoms with Crippen LogP contribution in [0, 0.1) is 11.6 Å². The average Bonchev–Trinajstić information content (AvgIpc) is 3.14. The van der Waals surface area contributed by atoms with Gasteiger partial charge in [-0.2, -0.15) is 0 Å². The number of rotatable bonds is 9. The van der Waals surface area contributed by atoms with Crippen molar-refractivity contribution >= 4 is 23.4 Å². The average molecular weight is 463 g/mol. The fourth-order valence-corrected chi connectivity index (χ4v) is 3.92. The van der Waals surface area contributed by atoms with Crippen LogP contribution in [-0.4, -0.2) is 33.0 Å². The predicted molar refractivity (Wildman–Crippen MR) is 118 cm³/mol. The van der Waals surface area contributed by atoms with Crippen LogP contribution in [0.2, 0.25) is 0 Å². The Balaban J connectivity index is 1.71. The Bertz CT molecular complexity index is 1090. The summed E-state index contributed by atoms with van der Waals surface area (Å²) in [5, 5.41) is 10.9. The van der Waals surface area contributed by atoms with Crippen molar-refractivity contribution < 1.29 is 23.0 Å². The number of carbonyl (C=O) groups excluding carboxylic acids is 1. The summed E-state index contributed by atoms with van der Waals surface area (Å²) < 4.78 is 40.0. The summed E-state index contributed by atoms with van der Waals surface area (Å²) >= 11 is 1.20. The zero-order chi connectivity index (χ0) is 23.3. The third-order valence-corrected chi connectivity index (χ3v) is 6.10. The SMILES string of the molecule is CCC(Sc1nnc(C(C)Oc2ccccc2OC)n1C)C(=O)Nc1ccc(F)cc1F. The van der Waals surface area contributed by atoms with E-state index in [1.165, 1.54) is 17.8 Å². The highest BCUT2D eigenvalue weighted by molar-refractivity contribution is 8.00. The second kappa shape index (κ2) is 10.4. The first-order valence-corrected chi connectivity index (χ1v) is 10.8. The summed E-state index contributed by atoms with van der Waals surface area (Å²) in [6.45, 7) is 3.68. The molecule has 0 radical (unpaired) electrons. The maximum atomic E-state index is 13.9. The number of halogens is 2. The Hall–Kier alpha value is -3.14. The molecule has 0 spiro atoms. The number of carbonyl (C=O) groups is 1. The molecule has 0 aliphatic carbocycles. The van der Waals surface area contributed by atoms with Crippen LogP contribution in [0.5, 0.6) is 11.5 Å². The molecule has 2 unspecified atom stereocenters. The fourth-order valence-electron chi connectivity index (χ4n) is 3.00. The summed E-state index contributed by atoms with van der Waals surface area (Å²) in [7, 11) is 3.35. The summed E-state index contributed by atoms with van der Waals surface area (Å²) in [5.41, 5.74) is -0.0760. The molecule has 2 aromatic carbocycles. The van der Waals surface area contributed by atoms with Crippen LogP contribution in [-0.2, 0) is 11.8 Å². The Morgan fingerprint density at radius 3 is 2.56 bits per heavy atom. The number of ether oxygens (including phenoxy) is 2. The van der Waals surface area contributed by atoms with Gasteiger partial charge < -0.3 is 19.4 Å². The van der Waals surface area contributed by atoms with E-state index in [-0.39, 0.29) is 5.69 Å². The summed E-state index contributed by atoms with van der Waals surface area (Å²) in [4.78, 5) is 12.7. The molecule has 0 aliphatic heterocycles. The largest absolute Gasteiger partial charge is 0.493 e. The number of benzene rings is 2. The second-order valence-corrected chi connectivity index (χ2v) is 8.11.